The third-order valence-corrected chi connectivity index (χ3v) is 3.94. The van der Waals surface area contributed by atoms with Crippen molar-refractivity contribution in [2.24, 2.45) is 5.73 Å². The lowest BCUT2D eigenvalue weighted by Gasteiger charge is -2.16. The Morgan fingerprint density at radius 1 is 1.15 bits per heavy atom. The molecule has 0 fully saturated rings. The number of hydrogen-bond donors (Lipinski definition) is 1. The van der Waals surface area contributed by atoms with Gasteiger partial charge in [0.15, 0.2) is 0 Å². The molecule has 0 aliphatic carbocycles. The Morgan fingerprint density at radius 3 is 2.50 bits per heavy atom. The Morgan fingerprint density at radius 2 is 1.90 bits per heavy atom. The minimum atomic E-state index is -0.593. The van der Waals surface area contributed by atoms with Gasteiger partial charge in [0.2, 0.25) is 0 Å². The highest BCUT2D eigenvalue weighted by atomic mass is 32.2. The number of ether oxygens (including phenoxy) is 1. The third-order valence-electron chi connectivity index (χ3n) is 2.82. The van der Waals surface area contributed by atoms with Gasteiger partial charge in [0.1, 0.15) is 17.4 Å². The van der Waals surface area contributed by atoms with Crippen LogP contribution in [0.25, 0.3) is 0 Å². The van der Waals surface area contributed by atoms with Crippen molar-refractivity contribution in [1.29, 1.82) is 0 Å². The lowest BCUT2D eigenvalue weighted by atomic mass is 10.1. The predicted octanol–water partition coefficient (Wildman–Crippen LogP) is 4.14. The van der Waals surface area contributed by atoms with Crippen molar-refractivity contribution in [2.45, 2.75) is 22.8 Å². The van der Waals surface area contributed by atoms with Crippen molar-refractivity contribution in [1.82, 2.24) is 0 Å². The summed E-state index contributed by atoms with van der Waals surface area (Å²) >= 11 is 1.21. The molecule has 0 saturated carbocycles. The molecule has 106 valence electrons. The molecule has 0 aliphatic heterocycles. The fourth-order valence-electron chi connectivity index (χ4n) is 1.92. The first kappa shape index (κ1) is 14.8. The van der Waals surface area contributed by atoms with Crippen molar-refractivity contribution in [2.75, 3.05) is 7.11 Å². The van der Waals surface area contributed by atoms with Crippen molar-refractivity contribution < 1.29 is 13.5 Å². The normalized spacial score (nSPS) is 12.2. The van der Waals surface area contributed by atoms with Gasteiger partial charge in [-0.15, -0.1) is 0 Å². The zero-order valence-corrected chi connectivity index (χ0v) is 12.0. The SMILES string of the molecule is COc1cccc(Sc2ccc(F)cc2F)c1[C@H](C)N. The average molecular weight is 295 g/mol. The molecule has 0 aliphatic rings. The molecule has 2 aromatic carbocycles. The molecule has 2 rings (SSSR count). The van der Waals surface area contributed by atoms with E-state index in [0.29, 0.717) is 10.6 Å². The van der Waals surface area contributed by atoms with E-state index in [1.165, 1.54) is 23.9 Å². The molecule has 0 unspecified atom stereocenters. The summed E-state index contributed by atoms with van der Waals surface area (Å²) in [5.74, 6) is -0.522. The van der Waals surface area contributed by atoms with Gasteiger partial charge < -0.3 is 10.5 Å². The van der Waals surface area contributed by atoms with Crippen LogP contribution in [0.1, 0.15) is 18.5 Å². The van der Waals surface area contributed by atoms with E-state index < -0.39 is 11.6 Å². The molecule has 2 N–H and O–H groups in total. The van der Waals surface area contributed by atoms with Crippen LogP contribution in [0.15, 0.2) is 46.2 Å². The van der Waals surface area contributed by atoms with Gasteiger partial charge in [-0.25, -0.2) is 8.78 Å². The summed E-state index contributed by atoms with van der Waals surface area (Å²) in [7, 11) is 1.56. The van der Waals surface area contributed by atoms with Crippen LogP contribution in [0.5, 0.6) is 5.75 Å². The fourth-order valence-corrected chi connectivity index (χ4v) is 2.99. The van der Waals surface area contributed by atoms with Gasteiger partial charge in [-0.2, -0.15) is 0 Å². The summed E-state index contributed by atoms with van der Waals surface area (Å²) < 4.78 is 31.9. The molecule has 2 nitrogen and oxygen atoms in total. The molecule has 2 aromatic rings. The van der Waals surface area contributed by atoms with E-state index in [4.69, 9.17) is 10.5 Å². The molecule has 5 heteroatoms. The zero-order valence-electron chi connectivity index (χ0n) is 11.2. The maximum atomic E-state index is 13.7. The Kier molecular flexibility index (Phi) is 4.62. The number of benzene rings is 2. The number of methoxy groups -OCH3 is 1. The van der Waals surface area contributed by atoms with Crippen LogP contribution in [0, 0.1) is 11.6 Å². The number of hydrogen-bond acceptors (Lipinski definition) is 3. The van der Waals surface area contributed by atoms with Crippen LogP contribution in [0.3, 0.4) is 0 Å². The van der Waals surface area contributed by atoms with E-state index >= 15 is 0 Å². The second-order valence-corrected chi connectivity index (χ2v) is 5.42. The van der Waals surface area contributed by atoms with Crippen LogP contribution in [-0.2, 0) is 0 Å². The lowest BCUT2D eigenvalue weighted by molar-refractivity contribution is 0.405. The highest BCUT2D eigenvalue weighted by molar-refractivity contribution is 7.99. The first-order valence-corrected chi connectivity index (χ1v) is 6.90. The minimum absolute atomic E-state index is 0.253. The minimum Gasteiger partial charge on any atom is -0.496 e. The van der Waals surface area contributed by atoms with Crippen molar-refractivity contribution in [3.8, 4) is 5.75 Å². The maximum absolute atomic E-state index is 13.7. The quantitative estimate of drug-likeness (QED) is 0.920. The lowest BCUT2D eigenvalue weighted by Crippen LogP contribution is -2.08. The van der Waals surface area contributed by atoms with E-state index in [1.54, 1.807) is 7.11 Å². The van der Waals surface area contributed by atoms with Gasteiger partial charge in [0, 0.05) is 27.5 Å². The summed E-state index contributed by atoms with van der Waals surface area (Å²) in [6, 6.07) is 8.73. The largest absolute Gasteiger partial charge is 0.496 e. The highest BCUT2D eigenvalue weighted by Crippen LogP contribution is 2.38. The standard InChI is InChI=1S/C15H15F2NOS/c1-9(18)15-12(19-2)4-3-5-14(15)20-13-7-6-10(16)8-11(13)17/h3-9H,18H2,1-2H3/t9-/m0/s1. The van der Waals surface area contributed by atoms with Crippen LogP contribution in [-0.4, -0.2) is 7.11 Å². The second kappa shape index (κ2) is 6.24. The second-order valence-electron chi connectivity index (χ2n) is 4.34. The number of rotatable bonds is 4. The van der Waals surface area contributed by atoms with Crippen molar-refractivity contribution in [3.05, 3.63) is 53.6 Å². The molecule has 0 spiro atoms. The first-order valence-electron chi connectivity index (χ1n) is 6.08. The topological polar surface area (TPSA) is 35.2 Å². The maximum Gasteiger partial charge on any atom is 0.140 e. The smallest absolute Gasteiger partial charge is 0.140 e. The molecule has 0 amide bonds. The van der Waals surface area contributed by atoms with Gasteiger partial charge >= 0.3 is 0 Å². The van der Waals surface area contributed by atoms with Crippen LogP contribution in [0.2, 0.25) is 0 Å². The van der Waals surface area contributed by atoms with Crippen molar-refractivity contribution in [3.63, 3.8) is 0 Å². The molecule has 1 atom stereocenters. The number of halogens is 2. The molecule has 0 aromatic heterocycles. The van der Waals surface area contributed by atoms with E-state index in [9.17, 15) is 8.78 Å². The van der Waals surface area contributed by atoms with Crippen LogP contribution >= 0.6 is 11.8 Å². The molecule has 20 heavy (non-hydrogen) atoms. The van der Waals surface area contributed by atoms with Gasteiger partial charge in [0.25, 0.3) is 0 Å². The monoisotopic (exact) mass is 295 g/mol. The number of nitrogens with two attached hydrogens (primary N) is 1. The molecule has 0 heterocycles. The molecule has 0 radical (unpaired) electrons. The van der Waals surface area contributed by atoms with E-state index in [0.717, 1.165) is 16.5 Å². The zero-order chi connectivity index (χ0) is 14.7. The molecule has 0 saturated heterocycles. The third kappa shape index (κ3) is 3.11. The summed E-state index contributed by atoms with van der Waals surface area (Å²) in [4.78, 5) is 1.14. The first-order chi connectivity index (χ1) is 9.52. The van der Waals surface area contributed by atoms with E-state index in [2.05, 4.69) is 0 Å². The van der Waals surface area contributed by atoms with Crippen molar-refractivity contribution >= 4 is 11.8 Å². The van der Waals surface area contributed by atoms with E-state index in [-0.39, 0.29) is 6.04 Å². The summed E-state index contributed by atoms with van der Waals surface area (Å²) in [6.45, 7) is 1.84. The summed E-state index contributed by atoms with van der Waals surface area (Å²) in [5, 5.41) is 0. The molecular weight excluding hydrogens is 280 g/mol. The highest BCUT2D eigenvalue weighted by Gasteiger charge is 2.15. The Bertz CT molecular complexity index is 617. The van der Waals surface area contributed by atoms with Crippen LogP contribution < -0.4 is 10.5 Å². The van der Waals surface area contributed by atoms with Crippen LogP contribution in [0.4, 0.5) is 8.78 Å². The Hall–Kier alpha value is -1.59. The van der Waals surface area contributed by atoms with Gasteiger partial charge in [-0.3, -0.25) is 0 Å². The average Bonchev–Trinajstić information content (AvgIpc) is 2.41. The summed E-state index contributed by atoms with van der Waals surface area (Å²) in [5.41, 5.74) is 6.77. The molecular formula is C15H15F2NOS. The molecule has 0 bridgehead atoms. The van der Waals surface area contributed by atoms with Gasteiger partial charge in [0.05, 0.1) is 7.11 Å². The summed E-state index contributed by atoms with van der Waals surface area (Å²) in [6.07, 6.45) is 0. The van der Waals surface area contributed by atoms with Gasteiger partial charge in [-0.05, 0) is 31.2 Å². The van der Waals surface area contributed by atoms with E-state index in [1.807, 2.05) is 25.1 Å². The van der Waals surface area contributed by atoms with Gasteiger partial charge in [-0.1, -0.05) is 17.8 Å². The fraction of sp³-hybridized carbons (Fsp3) is 0.200. The predicted molar refractivity (Wildman–Crippen MR) is 76.1 cm³/mol. The Balaban J connectivity index is 2.43. The Labute approximate surface area is 120 Å².